The van der Waals surface area contributed by atoms with E-state index in [1.807, 2.05) is 48.5 Å². The number of hydrogen-bond acceptors (Lipinski definition) is 6. The van der Waals surface area contributed by atoms with Crippen LogP contribution in [0.15, 0.2) is 48.5 Å². The molecule has 1 aliphatic carbocycles. The van der Waals surface area contributed by atoms with Gasteiger partial charge in [0.05, 0.1) is 0 Å². The van der Waals surface area contributed by atoms with E-state index in [4.69, 9.17) is 15.2 Å². The van der Waals surface area contributed by atoms with E-state index in [1.54, 1.807) is 20.8 Å². The molecule has 3 rings (SSSR count). The zero-order valence-electron chi connectivity index (χ0n) is 20.5. The summed E-state index contributed by atoms with van der Waals surface area (Å²) in [6.07, 6.45) is 1.00. The van der Waals surface area contributed by atoms with Crippen LogP contribution in [0.3, 0.4) is 0 Å². The SMILES string of the molecule is CC(C)(C)OC(=O)NCCCCC[C@](N)(C(=O)O)C(=O)OCC1c2ccccc2-c2ccccc21. The van der Waals surface area contributed by atoms with Crippen LogP contribution in [0.5, 0.6) is 0 Å². The molecule has 188 valence electrons. The number of fused-ring (bicyclic) bond motifs is 3. The first-order chi connectivity index (χ1) is 16.5. The van der Waals surface area contributed by atoms with Crippen LogP contribution < -0.4 is 11.1 Å². The Morgan fingerprint density at radius 2 is 1.51 bits per heavy atom. The van der Waals surface area contributed by atoms with Gasteiger partial charge in [0.15, 0.2) is 0 Å². The minimum absolute atomic E-state index is 0.0128. The van der Waals surface area contributed by atoms with Crippen LogP contribution in [-0.2, 0) is 19.1 Å². The number of nitrogens with one attached hydrogen (secondary N) is 1. The number of carbonyl (C=O) groups is 3. The zero-order valence-corrected chi connectivity index (χ0v) is 20.5. The molecule has 0 radical (unpaired) electrons. The fourth-order valence-electron chi connectivity index (χ4n) is 4.23. The molecule has 0 aromatic heterocycles. The monoisotopic (exact) mass is 482 g/mol. The Hall–Kier alpha value is -3.39. The topological polar surface area (TPSA) is 128 Å². The molecule has 1 aliphatic rings. The van der Waals surface area contributed by atoms with Crippen molar-refractivity contribution >= 4 is 18.0 Å². The first kappa shape index (κ1) is 26.2. The lowest BCUT2D eigenvalue weighted by molar-refractivity contribution is -0.161. The normalized spacial score (nSPS) is 14.4. The average molecular weight is 483 g/mol. The van der Waals surface area contributed by atoms with Crippen molar-refractivity contribution in [2.45, 2.75) is 63.5 Å². The number of ether oxygens (including phenoxy) is 2. The highest BCUT2D eigenvalue weighted by Gasteiger charge is 2.44. The number of nitrogens with two attached hydrogens (primary N) is 1. The van der Waals surface area contributed by atoms with E-state index in [2.05, 4.69) is 5.32 Å². The Balaban J connectivity index is 1.52. The number of amides is 1. The molecule has 0 saturated carbocycles. The van der Waals surface area contributed by atoms with Gasteiger partial charge in [-0.15, -0.1) is 0 Å². The van der Waals surface area contributed by atoms with Crippen LogP contribution in [0, 0.1) is 0 Å². The second kappa shape index (κ2) is 10.9. The van der Waals surface area contributed by atoms with Gasteiger partial charge in [-0.2, -0.15) is 0 Å². The quantitative estimate of drug-likeness (QED) is 0.263. The lowest BCUT2D eigenvalue weighted by atomic mass is 9.93. The standard InChI is InChI=1S/C27H34N2O6/c1-26(2,3)35-25(33)29-16-10-4-9-15-27(28,23(30)31)24(32)34-17-22-20-13-7-5-11-18(20)19-12-6-8-14-21(19)22/h5-8,11-14,22H,4,9-10,15-17,28H2,1-3H3,(H,29,33)(H,30,31)/t27-/m0/s1. The molecule has 0 spiro atoms. The van der Waals surface area contributed by atoms with Crippen molar-refractivity contribution in [3.63, 3.8) is 0 Å². The lowest BCUT2D eigenvalue weighted by Crippen LogP contribution is -2.56. The Morgan fingerprint density at radius 1 is 0.943 bits per heavy atom. The predicted molar refractivity (Wildman–Crippen MR) is 132 cm³/mol. The summed E-state index contributed by atoms with van der Waals surface area (Å²) in [7, 11) is 0. The molecule has 8 heteroatoms. The third-order valence-corrected chi connectivity index (χ3v) is 6.01. The molecule has 2 aromatic rings. The van der Waals surface area contributed by atoms with E-state index in [-0.39, 0.29) is 18.9 Å². The van der Waals surface area contributed by atoms with Gasteiger partial charge in [0.1, 0.15) is 12.2 Å². The third kappa shape index (κ3) is 6.39. The summed E-state index contributed by atoms with van der Waals surface area (Å²) in [4.78, 5) is 36.4. The molecule has 35 heavy (non-hydrogen) atoms. The number of unbranched alkanes of at least 4 members (excludes halogenated alkanes) is 2. The second-order valence-corrected chi connectivity index (χ2v) is 9.84. The summed E-state index contributed by atoms with van der Waals surface area (Å²) in [5, 5.41) is 12.3. The van der Waals surface area contributed by atoms with Gasteiger partial charge in [-0.1, -0.05) is 61.4 Å². The second-order valence-electron chi connectivity index (χ2n) is 9.84. The van der Waals surface area contributed by atoms with Gasteiger partial charge in [-0.05, 0) is 55.9 Å². The number of benzene rings is 2. The molecule has 0 aliphatic heterocycles. The average Bonchev–Trinajstić information content (AvgIpc) is 3.12. The summed E-state index contributed by atoms with van der Waals surface area (Å²) in [5.41, 5.74) is 7.57. The number of esters is 1. The van der Waals surface area contributed by atoms with Crippen LogP contribution >= 0.6 is 0 Å². The number of carboxylic acids is 1. The molecule has 0 heterocycles. The Morgan fingerprint density at radius 3 is 2.06 bits per heavy atom. The van der Waals surface area contributed by atoms with E-state index in [0.29, 0.717) is 25.8 Å². The van der Waals surface area contributed by atoms with Crippen LogP contribution in [0.2, 0.25) is 0 Å². The van der Waals surface area contributed by atoms with Crippen LogP contribution in [-0.4, -0.2) is 47.4 Å². The first-order valence-electron chi connectivity index (χ1n) is 11.9. The summed E-state index contributed by atoms with van der Waals surface area (Å²) < 4.78 is 10.7. The van der Waals surface area contributed by atoms with Crippen molar-refractivity contribution in [1.82, 2.24) is 5.32 Å². The lowest BCUT2D eigenvalue weighted by Gasteiger charge is -2.24. The maximum atomic E-state index is 12.8. The maximum absolute atomic E-state index is 12.8. The van der Waals surface area contributed by atoms with Crippen molar-refractivity contribution in [2.24, 2.45) is 5.73 Å². The molecule has 8 nitrogen and oxygen atoms in total. The summed E-state index contributed by atoms with van der Waals surface area (Å²) in [5.74, 6) is -2.54. The van der Waals surface area contributed by atoms with E-state index >= 15 is 0 Å². The van der Waals surface area contributed by atoms with Gasteiger partial charge in [0, 0.05) is 12.5 Å². The van der Waals surface area contributed by atoms with Gasteiger partial charge < -0.3 is 25.6 Å². The predicted octanol–water partition coefficient (Wildman–Crippen LogP) is 4.21. The van der Waals surface area contributed by atoms with Gasteiger partial charge >= 0.3 is 18.0 Å². The number of aliphatic carboxylic acids is 1. The van der Waals surface area contributed by atoms with Gasteiger partial charge in [0.25, 0.3) is 0 Å². The molecule has 2 aromatic carbocycles. The highest BCUT2D eigenvalue weighted by atomic mass is 16.6. The fraction of sp³-hybridized carbons (Fsp3) is 0.444. The molecular weight excluding hydrogens is 448 g/mol. The van der Waals surface area contributed by atoms with Crippen molar-refractivity contribution < 1.29 is 29.0 Å². The minimum atomic E-state index is -2.13. The number of alkyl carbamates (subject to hydrolysis) is 1. The number of carbonyl (C=O) groups excluding carboxylic acids is 2. The number of hydrogen-bond donors (Lipinski definition) is 3. The Kier molecular flexibility index (Phi) is 8.17. The third-order valence-electron chi connectivity index (χ3n) is 6.01. The van der Waals surface area contributed by atoms with Gasteiger partial charge in [0.2, 0.25) is 5.54 Å². The summed E-state index contributed by atoms with van der Waals surface area (Å²) >= 11 is 0. The first-order valence-corrected chi connectivity index (χ1v) is 11.9. The minimum Gasteiger partial charge on any atom is -0.479 e. The molecule has 0 bridgehead atoms. The molecule has 0 fully saturated rings. The van der Waals surface area contributed by atoms with Crippen LogP contribution in [0.4, 0.5) is 4.79 Å². The van der Waals surface area contributed by atoms with Crippen molar-refractivity contribution in [2.75, 3.05) is 13.2 Å². The molecule has 0 unspecified atom stereocenters. The van der Waals surface area contributed by atoms with E-state index in [1.165, 1.54) is 0 Å². The fourth-order valence-corrected chi connectivity index (χ4v) is 4.23. The number of rotatable bonds is 10. The largest absolute Gasteiger partial charge is 0.479 e. The van der Waals surface area contributed by atoms with Gasteiger partial charge in [-0.25, -0.2) is 14.4 Å². The molecule has 0 saturated heterocycles. The highest BCUT2D eigenvalue weighted by molar-refractivity contribution is 6.03. The molecular formula is C27H34N2O6. The molecule has 4 N–H and O–H groups in total. The van der Waals surface area contributed by atoms with Crippen molar-refractivity contribution in [3.8, 4) is 11.1 Å². The molecule has 1 amide bonds. The summed E-state index contributed by atoms with van der Waals surface area (Å²) in [6.45, 7) is 5.73. The zero-order chi connectivity index (χ0) is 25.6. The highest BCUT2D eigenvalue weighted by Crippen LogP contribution is 2.44. The molecule has 1 atom stereocenters. The van der Waals surface area contributed by atoms with Gasteiger partial charge in [-0.3, -0.25) is 0 Å². The maximum Gasteiger partial charge on any atom is 0.407 e. The smallest absolute Gasteiger partial charge is 0.407 e. The van der Waals surface area contributed by atoms with Crippen molar-refractivity contribution in [1.29, 1.82) is 0 Å². The van der Waals surface area contributed by atoms with Crippen molar-refractivity contribution in [3.05, 3.63) is 59.7 Å². The summed E-state index contributed by atoms with van der Waals surface area (Å²) in [6, 6.07) is 15.8. The Bertz CT molecular complexity index is 1030. The Labute approximate surface area is 205 Å². The van der Waals surface area contributed by atoms with E-state index in [0.717, 1.165) is 22.3 Å². The van der Waals surface area contributed by atoms with Crippen LogP contribution in [0.1, 0.15) is 63.5 Å². The van der Waals surface area contributed by atoms with E-state index in [9.17, 15) is 19.5 Å². The van der Waals surface area contributed by atoms with Crippen LogP contribution in [0.25, 0.3) is 11.1 Å². The number of carboxylic acid groups (broad SMARTS) is 1. The van der Waals surface area contributed by atoms with E-state index < -0.39 is 29.2 Å².